The van der Waals surface area contributed by atoms with Crippen LogP contribution in [0.3, 0.4) is 0 Å². The molecule has 108 valence electrons. The summed E-state index contributed by atoms with van der Waals surface area (Å²) < 4.78 is 5.92. The topological polar surface area (TPSA) is 9.23 Å². The van der Waals surface area contributed by atoms with Crippen molar-refractivity contribution >= 4 is 0 Å². The minimum absolute atomic E-state index is 0.686. The molecule has 0 N–H and O–H groups in total. The summed E-state index contributed by atoms with van der Waals surface area (Å²) in [4.78, 5) is 0. The van der Waals surface area contributed by atoms with Crippen LogP contribution in [0.4, 0.5) is 0 Å². The Labute approximate surface area is 131 Å². The zero-order chi connectivity index (χ0) is 14.9. The van der Waals surface area contributed by atoms with Crippen LogP contribution in [0, 0.1) is 0 Å². The molecule has 0 unspecified atom stereocenters. The van der Waals surface area contributed by atoms with Gasteiger partial charge < -0.3 is 4.74 Å². The zero-order valence-corrected chi connectivity index (χ0v) is 12.7. The lowest BCUT2D eigenvalue weighted by atomic mass is 9.94. The maximum Gasteiger partial charge on any atom is 0.127 e. The fraction of sp³-hybridized carbons (Fsp3) is 0.143. The average molecular weight is 286 g/mol. The fourth-order valence-corrected chi connectivity index (χ4v) is 3.39. The van der Waals surface area contributed by atoms with Crippen LogP contribution in [-0.2, 0) is 6.42 Å². The molecule has 0 aliphatic heterocycles. The molecule has 22 heavy (non-hydrogen) atoms. The van der Waals surface area contributed by atoms with Gasteiger partial charge in [0.15, 0.2) is 0 Å². The van der Waals surface area contributed by atoms with Crippen LogP contribution in [0.5, 0.6) is 5.75 Å². The van der Waals surface area contributed by atoms with Crippen LogP contribution < -0.4 is 4.74 Å². The van der Waals surface area contributed by atoms with Crippen molar-refractivity contribution in [3.63, 3.8) is 0 Å². The molecule has 0 aromatic heterocycles. The standard InChI is InChI=1S/C21H18O/c1-2-22-20-13-12-18-17-11-7-6-10-16(17)14-19(18)21(20)15-8-4-3-5-9-15/h3-13H,2,14H2,1H3. The lowest BCUT2D eigenvalue weighted by Gasteiger charge is -2.15. The Hall–Kier alpha value is -2.54. The maximum absolute atomic E-state index is 5.92. The fourth-order valence-electron chi connectivity index (χ4n) is 3.39. The van der Waals surface area contributed by atoms with E-state index in [1.807, 2.05) is 6.92 Å². The Morgan fingerprint density at radius 2 is 1.59 bits per heavy atom. The number of benzene rings is 3. The van der Waals surface area contributed by atoms with Crippen molar-refractivity contribution in [1.82, 2.24) is 0 Å². The first kappa shape index (κ1) is 13.1. The second-order valence-electron chi connectivity index (χ2n) is 5.60. The van der Waals surface area contributed by atoms with Crippen molar-refractivity contribution in [2.75, 3.05) is 6.61 Å². The first-order valence-electron chi connectivity index (χ1n) is 7.81. The molecule has 0 saturated heterocycles. The molecule has 1 heteroatoms. The summed E-state index contributed by atoms with van der Waals surface area (Å²) in [6, 6.07) is 23.6. The van der Waals surface area contributed by atoms with E-state index in [9.17, 15) is 0 Å². The molecule has 1 aliphatic rings. The molecule has 0 spiro atoms. The summed E-state index contributed by atoms with van der Waals surface area (Å²) in [5.74, 6) is 0.986. The van der Waals surface area contributed by atoms with Gasteiger partial charge in [-0.3, -0.25) is 0 Å². The Balaban J connectivity index is 1.96. The van der Waals surface area contributed by atoms with E-state index in [0.29, 0.717) is 6.61 Å². The van der Waals surface area contributed by atoms with E-state index in [1.165, 1.54) is 33.4 Å². The van der Waals surface area contributed by atoms with Crippen molar-refractivity contribution in [3.8, 4) is 28.0 Å². The SMILES string of the molecule is CCOc1ccc2c(c1-c1ccccc1)Cc1ccccc1-2. The van der Waals surface area contributed by atoms with Crippen molar-refractivity contribution in [1.29, 1.82) is 0 Å². The average Bonchev–Trinajstić information content (AvgIpc) is 2.94. The van der Waals surface area contributed by atoms with Gasteiger partial charge in [0, 0.05) is 5.56 Å². The molecule has 1 nitrogen and oxygen atoms in total. The maximum atomic E-state index is 5.92. The molecule has 0 amide bonds. The Morgan fingerprint density at radius 1 is 0.818 bits per heavy atom. The van der Waals surface area contributed by atoms with Crippen molar-refractivity contribution in [3.05, 3.63) is 77.9 Å². The third-order valence-electron chi connectivity index (χ3n) is 4.31. The number of fused-ring (bicyclic) bond motifs is 3. The van der Waals surface area contributed by atoms with Gasteiger partial charge in [0.05, 0.1) is 6.61 Å². The van der Waals surface area contributed by atoms with E-state index in [0.717, 1.165) is 12.2 Å². The van der Waals surface area contributed by atoms with Crippen LogP contribution in [-0.4, -0.2) is 6.61 Å². The Bertz CT molecular complexity index is 819. The van der Waals surface area contributed by atoms with Crippen LogP contribution >= 0.6 is 0 Å². The summed E-state index contributed by atoms with van der Waals surface area (Å²) in [6.07, 6.45) is 0.983. The Kier molecular flexibility index (Phi) is 3.19. The van der Waals surface area contributed by atoms with E-state index in [2.05, 4.69) is 66.7 Å². The molecule has 0 bridgehead atoms. The third kappa shape index (κ3) is 2.01. The van der Waals surface area contributed by atoms with Crippen molar-refractivity contribution < 1.29 is 4.74 Å². The minimum atomic E-state index is 0.686. The quantitative estimate of drug-likeness (QED) is 0.495. The first-order valence-corrected chi connectivity index (χ1v) is 7.81. The molecule has 0 radical (unpaired) electrons. The van der Waals surface area contributed by atoms with E-state index in [4.69, 9.17) is 4.74 Å². The Morgan fingerprint density at radius 3 is 2.41 bits per heavy atom. The highest BCUT2D eigenvalue weighted by Gasteiger charge is 2.23. The largest absolute Gasteiger partial charge is 0.493 e. The molecular weight excluding hydrogens is 268 g/mol. The summed E-state index contributed by atoms with van der Waals surface area (Å²) in [7, 11) is 0. The lowest BCUT2D eigenvalue weighted by Crippen LogP contribution is -1.97. The molecule has 3 aromatic rings. The van der Waals surface area contributed by atoms with Gasteiger partial charge in [0.2, 0.25) is 0 Å². The van der Waals surface area contributed by atoms with Crippen LogP contribution in [0.25, 0.3) is 22.3 Å². The van der Waals surface area contributed by atoms with Gasteiger partial charge in [-0.05, 0) is 47.2 Å². The van der Waals surface area contributed by atoms with Gasteiger partial charge in [0.25, 0.3) is 0 Å². The van der Waals surface area contributed by atoms with Crippen molar-refractivity contribution in [2.45, 2.75) is 13.3 Å². The first-order chi connectivity index (χ1) is 10.9. The number of hydrogen-bond donors (Lipinski definition) is 0. The minimum Gasteiger partial charge on any atom is -0.493 e. The van der Waals surface area contributed by atoms with Gasteiger partial charge in [-0.25, -0.2) is 0 Å². The van der Waals surface area contributed by atoms with Crippen LogP contribution in [0.15, 0.2) is 66.7 Å². The second-order valence-corrected chi connectivity index (χ2v) is 5.60. The van der Waals surface area contributed by atoms with Crippen LogP contribution in [0.2, 0.25) is 0 Å². The molecule has 0 heterocycles. The van der Waals surface area contributed by atoms with Gasteiger partial charge in [-0.2, -0.15) is 0 Å². The van der Waals surface area contributed by atoms with Gasteiger partial charge >= 0.3 is 0 Å². The predicted octanol–water partition coefficient (Wildman–Crippen LogP) is 5.32. The molecule has 0 fully saturated rings. The molecular formula is C21H18O. The molecule has 0 saturated carbocycles. The highest BCUT2D eigenvalue weighted by Crippen LogP contribution is 2.45. The lowest BCUT2D eigenvalue weighted by molar-refractivity contribution is 0.341. The zero-order valence-electron chi connectivity index (χ0n) is 12.7. The summed E-state index contributed by atoms with van der Waals surface area (Å²) >= 11 is 0. The van der Waals surface area contributed by atoms with Gasteiger partial charge in [-0.1, -0.05) is 60.7 Å². The normalized spacial score (nSPS) is 11.9. The molecule has 3 aromatic carbocycles. The highest BCUT2D eigenvalue weighted by molar-refractivity contribution is 5.87. The van der Waals surface area contributed by atoms with E-state index < -0.39 is 0 Å². The highest BCUT2D eigenvalue weighted by atomic mass is 16.5. The number of hydrogen-bond acceptors (Lipinski definition) is 1. The van der Waals surface area contributed by atoms with E-state index in [-0.39, 0.29) is 0 Å². The second kappa shape index (κ2) is 5.34. The monoisotopic (exact) mass is 286 g/mol. The molecule has 0 atom stereocenters. The predicted molar refractivity (Wildman–Crippen MR) is 91.3 cm³/mol. The van der Waals surface area contributed by atoms with Crippen molar-refractivity contribution in [2.24, 2.45) is 0 Å². The van der Waals surface area contributed by atoms with E-state index >= 15 is 0 Å². The smallest absolute Gasteiger partial charge is 0.127 e. The van der Waals surface area contributed by atoms with Crippen LogP contribution in [0.1, 0.15) is 18.1 Å². The number of rotatable bonds is 3. The van der Waals surface area contributed by atoms with Gasteiger partial charge in [0.1, 0.15) is 5.75 Å². The summed E-state index contributed by atoms with van der Waals surface area (Å²) in [5, 5.41) is 0. The number of ether oxygens (including phenoxy) is 1. The molecule has 4 rings (SSSR count). The third-order valence-corrected chi connectivity index (χ3v) is 4.31. The van der Waals surface area contributed by atoms with E-state index in [1.54, 1.807) is 0 Å². The van der Waals surface area contributed by atoms with Gasteiger partial charge in [-0.15, -0.1) is 0 Å². The molecule has 1 aliphatic carbocycles. The summed E-state index contributed by atoms with van der Waals surface area (Å²) in [6.45, 7) is 2.72. The summed E-state index contributed by atoms with van der Waals surface area (Å²) in [5.41, 5.74) is 7.98.